The van der Waals surface area contributed by atoms with E-state index in [-0.39, 0.29) is 11.9 Å². The van der Waals surface area contributed by atoms with E-state index in [9.17, 15) is 4.79 Å². The number of carbonyl (C=O) groups is 1. The van der Waals surface area contributed by atoms with Crippen molar-refractivity contribution >= 4 is 29.0 Å². The van der Waals surface area contributed by atoms with E-state index in [1.54, 1.807) is 42.2 Å². The summed E-state index contributed by atoms with van der Waals surface area (Å²) in [4.78, 5) is 12.4. The number of aromatic nitrogens is 2. The average molecular weight is 293 g/mol. The van der Waals surface area contributed by atoms with Crippen LogP contribution in [0, 0.1) is 0 Å². The summed E-state index contributed by atoms with van der Waals surface area (Å²) in [6.07, 6.45) is 1.66. The number of carbonyl (C=O) groups excluding carboxylic acids is 1. The molecule has 1 heterocycles. The Hall–Kier alpha value is -2.01. The lowest BCUT2D eigenvalue weighted by atomic mass is 10.1. The largest absolute Gasteiger partial charge is 0.387 e. The summed E-state index contributed by atoms with van der Waals surface area (Å²) >= 11 is 5.96. The minimum absolute atomic E-state index is 0.170. The predicted molar refractivity (Wildman–Crippen MR) is 81.6 cm³/mol. The zero-order chi connectivity index (χ0) is 14.7. The third-order valence-electron chi connectivity index (χ3n) is 2.90. The number of hydrogen-bond donors (Lipinski definition) is 2. The smallest absolute Gasteiger partial charge is 0.258 e. The Balaban J connectivity index is 2.28. The second-order valence-electron chi connectivity index (χ2n) is 4.65. The molecule has 20 heavy (non-hydrogen) atoms. The quantitative estimate of drug-likeness (QED) is 0.908. The van der Waals surface area contributed by atoms with E-state index in [1.807, 2.05) is 13.8 Å². The Bertz CT molecular complexity index is 621. The van der Waals surface area contributed by atoms with Crippen LogP contribution in [0.4, 0.5) is 11.5 Å². The minimum Gasteiger partial charge on any atom is -0.387 e. The molecule has 6 heteroatoms. The third kappa shape index (κ3) is 2.93. The molecular weight excluding hydrogens is 276 g/mol. The Morgan fingerprint density at radius 1 is 1.35 bits per heavy atom. The van der Waals surface area contributed by atoms with E-state index < -0.39 is 0 Å². The van der Waals surface area contributed by atoms with Crippen molar-refractivity contribution in [2.24, 2.45) is 0 Å². The van der Waals surface area contributed by atoms with E-state index in [2.05, 4.69) is 15.7 Å². The first-order chi connectivity index (χ1) is 9.52. The zero-order valence-corrected chi connectivity index (χ0v) is 12.4. The first kappa shape index (κ1) is 14.4. The maximum atomic E-state index is 12.4. The summed E-state index contributed by atoms with van der Waals surface area (Å²) < 4.78 is 1.75. The van der Waals surface area contributed by atoms with Gasteiger partial charge in [0.25, 0.3) is 5.91 Å². The molecule has 2 N–H and O–H groups in total. The van der Waals surface area contributed by atoms with E-state index >= 15 is 0 Å². The zero-order valence-electron chi connectivity index (χ0n) is 11.6. The van der Waals surface area contributed by atoms with Gasteiger partial charge in [0.15, 0.2) is 0 Å². The third-order valence-corrected chi connectivity index (χ3v) is 3.13. The standard InChI is InChI=1S/C14H17ClN4O/c1-9(2)19-13(6-7-17-19)18-14(20)11-8-10(15)4-5-12(11)16-3/h4-9,16H,1-3H3,(H,18,20). The number of anilines is 2. The van der Waals surface area contributed by atoms with Crippen molar-refractivity contribution in [3.63, 3.8) is 0 Å². The number of halogens is 1. The first-order valence-corrected chi connectivity index (χ1v) is 6.73. The van der Waals surface area contributed by atoms with Gasteiger partial charge in [0.2, 0.25) is 0 Å². The molecule has 2 aromatic rings. The monoisotopic (exact) mass is 292 g/mol. The molecule has 0 aliphatic heterocycles. The van der Waals surface area contributed by atoms with Crippen LogP contribution in [0.5, 0.6) is 0 Å². The Morgan fingerprint density at radius 2 is 2.10 bits per heavy atom. The predicted octanol–water partition coefficient (Wildman–Crippen LogP) is 3.41. The maximum Gasteiger partial charge on any atom is 0.258 e. The maximum absolute atomic E-state index is 12.4. The van der Waals surface area contributed by atoms with Crippen LogP contribution in [0.2, 0.25) is 5.02 Å². The van der Waals surface area contributed by atoms with Gasteiger partial charge in [-0.05, 0) is 32.0 Å². The van der Waals surface area contributed by atoms with Crippen molar-refractivity contribution in [1.82, 2.24) is 9.78 Å². The highest BCUT2D eigenvalue weighted by Crippen LogP contribution is 2.22. The van der Waals surface area contributed by atoms with Gasteiger partial charge in [-0.2, -0.15) is 5.10 Å². The number of hydrogen-bond acceptors (Lipinski definition) is 3. The van der Waals surface area contributed by atoms with Crippen molar-refractivity contribution in [1.29, 1.82) is 0 Å². The van der Waals surface area contributed by atoms with Gasteiger partial charge >= 0.3 is 0 Å². The number of rotatable bonds is 4. The molecule has 0 fully saturated rings. The van der Waals surface area contributed by atoms with Crippen molar-refractivity contribution in [3.05, 3.63) is 41.0 Å². The second kappa shape index (κ2) is 5.96. The van der Waals surface area contributed by atoms with Crippen LogP contribution < -0.4 is 10.6 Å². The molecule has 0 saturated carbocycles. The number of nitrogens with one attached hydrogen (secondary N) is 2. The fraction of sp³-hybridized carbons (Fsp3) is 0.286. The molecule has 0 aliphatic carbocycles. The van der Waals surface area contributed by atoms with Crippen LogP contribution in [-0.4, -0.2) is 22.7 Å². The van der Waals surface area contributed by atoms with Gasteiger partial charge in [-0.25, -0.2) is 4.68 Å². The molecular formula is C14H17ClN4O. The average Bonchev–Trinajstić information content (AvgIpc) is 2.87. The van der Waals surface area contributed by atoms with Gasteiger partial charge in [0.1, 0.15) is 5.82 Å². The Kier molecular flexibility index (Phi) is 4.29. The van der Waals surface area contributed by atoms with Crippen LogP contribution in [-0.2, 0) is 0 Å². The Morgan fingerprint density at radius 3 is 2.75 bits per heavy atom. The molecule has 0 spiro atoms. The van der Waals surface area contributed by atoms with Crippen LogP contribution in [0.15, 0.2) is 30.5 Å². The van der Waals surface area contributed by atoms with Gasteiger partial charge in [-0.15, -0.1) is 0 Å². The molecule has 0 unspecified atom stereocenters. The van der Waals surface area contributed by atoms with Crippen LogP contribution in [0.1, 0.15) is 30.2 Å². The van der Waals surface area contributed by atoms with Crippen molar-refractivity contribution in [3.8, 4) is 0 Å². The number of benzene rings is 1. The first-order valence-electron chi connectivity index (χ1n) is 6.35. The Labute approximate surface area is 122 Å². The summed E-state index contributed by atoms with van der Waals surface area (Å²) in [5, 5.41) is 10.5. The van der Waals surface area contributed by atoms with E-state index in [1.165, 1.54) is 0 Å². The van der Waals surface area contributed by atoms with Gasteiger partial charge in [0.05, 0.1) is 11.8 Å². The van der Waals surface area contributed by atoms with E-state index in [4.69, 9.17) is 11.6 Å². The highest BCUT2D eigenvalue weighted by molar-refractivity contribution is 6.31. The summed E-state index contributed by atoms with van der Waals surface area (Å²) in [6.45, 7) is 4.00. The fourth-order valence-electron chi connectivity index (χ4n) is 1.93. The topological polar surface area (TPSA) is 59.0 Å². The molecule has 2 rings (SSSR count). The summed E-state index contributed by atoms with van der Waals surface area (Å²) in [7, 11) is 1.76. The molecule has 106 valence electrons. The van der Waals surface area contributed by atoms with Crippen molar-refractivity contribution in [2.75, 3.05) is 17.7 Å². The lowest BCUT2D eigenvalue weighted by Gasteiger charge is -2.13. The molecule has 0 radical (unpaired) electrons. The normalized spacial score (nSPS) is 10.7. The number of amides is 1. The second-order valence-corrected chi connectivity index (χ2v) is 5.09. The number of nitrogens with zero attached hydrogens (tertiary/aromatic N) is 2. The molecule has 5 nitrogen and oxygen atoms in total. The van der Waals surface area contributed by atoms with E-state index in [0.717, 1.165) is 5.69 Å². The van der Waals surface area contributed by atoms with Gasteiger partial charge in [0, 0.05) is 29.9 Å². The molecule has 0 aliphatic rings. The summed E-state index contributed by atoms with van der Waals surface area (Å²) in [6, 6.07) is 7.09. The van der Waals surface area contributed by atoms with E-state index in [0.29, 0.717) is 16.4 Å². The lowest BCUT2D eigenvalue weighted by molar-refractivity contribution is 0.102. The van der Waals surface area contributed by atoms with Gasteiger partial charge in [-0.1, -0.05) is 11.6 Å². The molecule has 0 atom stereocenters. The highest BCUT2D eigenvalue weighted by atomic mass is 35.5. The fourth-order valence-corrected chi connectivity index (χ4v) is 2.10. The molecule has 0 saturated heterocycles. The molecule has 1 aromatic heterocycles. The summed E-state index contributed by atoms with van der Waals surface area (Å²) in [5.74, 6) is 0.436. The molecule has 1 aromatic carbocycles. The lowest BCUT2D eigenvalue weighted by Crippen LogP contribution is -2.18. The highest BCUT2D eigenvalue weighted by Gasteiger charge is 2.14. The molecule has 0 bridgehead atoms. The van der Waals surface area contributed by atoms with Crippen LogP contribution >= 0.6 is 11.6 Å². The van der Waals surface area contributed by atoms with Crippen molar-refractivity contribution < 1.29 is 4.79 Å². The van der Waals surface area contributed by atoms with Gasteiger partial charge < -0.3 is 10.6 Å². The minimum atomic E-state index is -0.223. The molecule has 1 amide bonds. The SMILES string of the molecule is CNc1ccc(Cl)cc1C(=O)Nc1ccnn1C(C)C. The van der Waals surface area contributed by atoms with Gasteiger partial charge in [-0.3, -0.25) is 4.79 Å². The van der Waals surface area contributed by atoms with Crippen LogP contribution in [0.25, 0.3) is 0 Å². The summed E-state index contributed by atoms with van der Waals surface area (Å²) in [5.41, 5.74) is 1.22. The van der Waals surface area contributed by atoms with Crippen LogP contribution in [0.3, 0.4) is 0 Å². The van der Waals surface area contributed by atoms with Crippen molar-refractivity contribution in [2.45, 2.75) is 19.9 Å².